The Morgan fingerprint density at radius 2 is 1.97 bits per heavy atom. The lowest BCUT2D eigenvalue weighted by Crippen LogP contribution is -2.30. The average molecular weight is 455 g/mol. The molecule has 0 aliphatic rings. The van der Waals surface area contributed by atoms with Gasteiger partial charge in [-0.2, -0.15) is 5.26 Å². The van der Waals surface area contributed by atoms with Crippen LogP contribution in [0.4, 0.5) is 0 Å². The Bertz CT molecular complexity index is 1340. The lowest BCUT2D eigenvalue weighted by atomic mass is 9.95. The number of unbranched alkanes of at least 4 members (excludes halogenated alkanes) is 1. The summed E-state index contributed by atoms with van der Waals surface area (Å²) in [5.41, 5.74) is 7.63. The average Bonchev–Trinajstić information content (AvgIpc) is 3.36. The molecule has 0 aliphatic heterocycles. The largest absolute Gasteiger partial charge is 0.291 e. The second-order valence-corrected chi connectivity index (χ2v) is 8.81. The van der Waals surface area contributed by atoms with Crippen LogP contribution in [0.25, 0.3) is 11.1 Å². The van der Waals surface area contributed by atoms with Crippen LogP contribution in [0.2, 0.25) is 0 Å². The maximum absolute atomic E-state index is 13.6. The van der Waals surface area contributed by atoms with Crippen molar-refractivity contribution in [2.24, 2.45) is 0 Å². The molecule has 0 N–H and O–H groups in total. The molecule has 2 aromatic heterocycles. The summed E-state index contributed by atoms with van der Waals surface area (Å²) in [5, 5.41) is 11.7. The van der Waals surface area contributed by atoms with Gasteiger partial charge in [0.2, 0.25) is 0 Å². The zero-order valence-electron chi connectivity index (χ0n) is 18.9. The summed E-state index contributed by atoms with van der Waals surface area (Å²) < 4.78 is 1.71. The molecule has 0 amide bonds. The number of benzene rings is 2. The molecule has 0 unspecified atom stereocenters. The van der Waals surface area contributed by atoms with E-state index in [0.29, 0.717) is 29.9 Å². The van der Waals surface area contributed by atoms with Crippen LogP contribution >= 0.6 is 11.3 Å². The fourth-order valence-electron chi connectivity index (χ4n) is 4.02. The highest BCUT2D eigenvalue weighted by molar-refractivity contribution is 7.07. The van der Waals surface area contributed by atoms with Crippen molar-refractivity contribution in [3.8, 4) is 17.2 Å². The standard InChI is InChI=1S/C27H26N4OS/c1-3-4-10-26-25(27(32)31(19(2)30-26)16-23-17-33-18-29-23)14-20-11-12-24(22(13-20)15-28)21-8-6-5-7-9-21/h5-9,11-13,17-18H,3-4,10,14,16H2,1-2H3. The van der Waals surface area contributed by atoms with E-state index in [9.17, 15) is 10.1 Å². The summed E-state index contributed by atoms with van der Waals surface area (Å²) in [5.74, 6) is 0.708. The lowest BCUT2D eigenvalue weighted by Gasteiger charge is -2.15. The van der Waals surface area contributed by atoms with E-state index in [2.05, 4.69) is 18.0 Å². The zero-order valence-corrected chi connectivity index (χ0v) is 19.7. The van der Waals surface area contributed by atoms with Crippen molar-refractivity contribution >= 4 is 11.3 Å². The van der Waals surface area contributed by atoms with Crippen molar-refractivity contribution in [3.63, 3.8) is 0 Å². The molecule has 4 aromatic rings. The van der Waals surface area contributed by atoms with Crippen molar-refractivity contribution in [1.29, 1.82) is 5.26 Å². The van der Waals surface area contributed by atoms with Gasteiger partial charge in [-0.05, 0) is 42.5 Å². The molecule has 2 aromatic carbocycles. The molecule has 166 valence electrons. The molecule has 0 aliphatic carbocycles. The maximum atomic E-state index is 13.6. The summed E-state index contributed by atoms with van der Waals surface area (Å²) in [4.78, 5) is 22.7. The quantitative estimate of drug-likeness (QED) is 0.351. The van der Waals surface area contributed by atoms with Crippen molar-refractivity contribution in [2.75, 3.05) is 0 Å². The van der Waals surface area contributed by atoms with Crippen molar-refractivity contribution in [3.05, 3.63) is 104 Å². The van der Waals surface area contributed by atoms with Crippen LogP contribution < -0.4 is 5.56 Å². The van der Waals surface area contributed by atoms with Crippen LogP contribution in [0.1, 0.15) is 53.7 Å². The fourth-order valence-corrected chi connectivity index (χ4v) is 4.57. The minimum atomic E-state index is -0.0211. The van der Waals surface area contributed by atoms with E-state index in [-0.39, 0.29) is 5.56 Å². The van der Waals surface area contributed by atoms with Gasteiger partial charge in [-0.3, -0.25) is 9.36 Å². The van der Waals surface area contributed by atoms with E-state index >= 15 is 0 Å². The van der Waals surface area contributed by atoms with Gasteiger partial charge in [-0.15, -0.1) is 11.3 Å². The molecular formula is C27H26N4OS. The smallest absolute Gasteiger partial charge is 0.257 e. The summed E-state index contributed by atoms with van der Waals surface area (Å²) in [6, 6.07) is 18.1. The first-order valence-corrected chi connectivity index (χ1v) is 12.1. The van der Waals surface area contributed by atoms with E-state index in [4.69, 9.17) is 4.98 Å². The molecule has 0 spiro atoms. The van der Waals surface area contributed by atoms with E-state index in [1.807, 2.05) is 60.8 Å². The topological polar surface area (TPSA) is 71.6 Å². The maximum Gasteiger partial charge on any atom is 0.257 e. The first kappa shape index (κ1) is 22.6. The van der Waals surface area contributed by atoms with Crippen LogP contribution in [-0.2, 0) is 19.4 Å². The van der Waals surface area contributed by atoms with Gasteiger partial charge in [0.05, 0.1) is 35.1 Å². The number of thiazole rings is 1. The van der Waals surface area contributed by atoms with Crippen LogP contribution in [0, 0.1) is 18.3 Å². The van der Waals surface area contributed by atoms with Gasteiger partial charge in [-0.1, -0.05) is 55.8 Å². The SMILES string of the molecule is CCCCc1nc(C)n(Cc2cscn2)c(=O)c1Cc1ccc(-c2ccccc2)c(C#N)c1. The summed E-state index contributed by atoms with van der Waals surface area (Å²) in [7, 11) is 0. The summed E-state index contributed by atoms with van der Waals surface area (Å²) in [6.45, 7) is 4.44. The number of hydrogen-bond donors (Lipinski definition) is 0. The molecule has 4 rings (SSSR count). The third-order valence-electron chi connectivity index (χ3n) is 5.78. The third-order valence-corrected chi connectivity index (χ3v) is 6.42. The van der Waals surface area contributed by atoms with Gasteiger partial charge >= 0.3 is 0 Å². The molecule has 0 saturated carbocycles. The molecule has 5 nitrogen and oxygen atoms in total. The Balaban J connectivity index is 1.74. The molecule has 2 heterocycles. The summed E-state index contributed by atoms with van der Waals surface area (Å²) in [6.07, 6.45) is 3.23. The van der Waals surface area contributed by atoms with Crippen LogP contribution in [0.15, 0.2) is 64.2 Å². The number of aromatic nitrogens is 3. The fraction of sp³-hybridized carbons (Fsp3) is 0.259. The van der Waals surface area contributed by atoms with Crippen molar-refractivity contribution in [1.82, 2.24) is 14.5 Å². The molecule has 0 bridgehead atoms. The van der Waals surface area contributed by atoms with Gasteiger partial charge in [0.25, 0.3) is 5.56 Å². The highest BCUT2D eigenvalue weighted by Crippen LogP contribution is 2.25. The minimum Gasteiger partial charge on any atom is -0.291 e. The molecule has 0 fully saturated rings. The summed E-state index contributed by atoms with van der Waals surface area (Å²) >= 11 is 1.52. The predicted octanol–water partition coefficient (Wildman–Crippen LogP) is 5.53. The number of nitriles is 1. The Labute approximate surface area is 198 Å². The Hall–Kier alpha value is -3.56. The normalized spacial score (nSPS) is 10.8. The number of nitrogens with zero attached hydrogens (tertiary/aromatic N) is 4. The Morgan fingerprint density at radius 3 is 2.67 bits per heavy atom. The van der Waals surface area contributed by atoms with Gasteiger partial charge in [-0.25, -0.2) is 9.97 Å². The highest BCUT2D eigenvalue weighted by Gasteiger charge is 2.17. The van der Waals surface area contributed by atoms with Crippen LogP contribution in [0.3, 0.4) is 0 Å². The van der Waals surface area contributed by atoms with E-state index < -0.39 is 0 Å². The number of rotatable bonds is 8. The molecule has 6 heteroatoms. The second kappa shape index (κ2) is 10.4. The van der Waals surface area contributed by atoms with Crippen LogP contribution in [0.5, 0.6) is 0 Å². The third kappa shape index (κ3) is 5.10. The Kier molecular flexibility index (Phi) is 7.11. The van der Waals surface area contributed by atoms with E-state index in [1.165, 1.54) is 11.3 Å². The van der Waals surface area contributed by atoms with Gasteiger partial charge in [0.1, 0.15) is 5.82 Å². The predicted molar refractivity (Wildman–Crippen MR) is 132 cm³/mol. The highest BCUT2D eigenvalue weighted by atomic mass is 32.1. The lowest BCUT2D eigenvalue weighted by molar-refractivity contribution is 0.655. The van der Waals surface area contributed by atoms with Crippen molar-refractivity contribution < 1.29 is 0 Å². The molecule has 33 heavy (non-hydrogen) atoms. The van der Waals surface area contributed by atoms with E-state index in [1.54, 1.807) is 10.1 Å². The zero-order chi connectivity index (χ0) is 23.2. The van der Waals surface area contributed by atoms with Crippen molar-refractivity contribution in [2.45, 2.75) is 46.1 Å². The minimum absolute atomic E-state index is 0.0211. The van der Waals surface area contributed by atoms with Gasteiger partial charge in [0, 0.05) is 17.4 Å². The second-order valence-electron chi connectivity index (χ2n) is 8.09. The van der Waals surface area contributed by atoms with E-state index in [0.717, 1.165) is 47.3 Å². The monoisotopic (exact) mass is 454 g/mol. The first-order chi connectivity index (χ1) is 16.1. The van der Waals surface area contributed by atoms with Gasteiger partial charge in [0.15, 0.2) is 0 Å². The molecule has 0 radical (unpaired) electrons. The first-order valence-electron chi connectivity index (χ1n) is 11.2. The number of aryl methyl sites for hydroxylation is 2. The molecular weight excluding hydrogens is 428 g/mol. The molecule has 0 saturated heterocycles. The Morgan fingerprint density at radius 1 is 1.15 bits per heavy atom. The number of hydrogen-bond acceptors (Lipinski definition) is 5. The van der Waals surface area contributed by atoms with Crippen LogP contribution in [-0.4, -0.2) is 14.5 Å². The van der Waals surface area contributed by atoms with Gasteiger partial charge < -0.3 is 0 Å². The molecule has 0 atom stereocenters.